The van der Waals surface area contributed by atoms with Crippen LogP contribution in [-0.2, 0) is 19.1 Å². The maximum atomic E-state index is 13.1. The molecule has 0 saturated heterocycles. The van der Waals surface area contributed by atoms with Crippen LogP contribution in [0.4, 0.5) is 5.69 Å². The van der Waals surface area contributed by atoms with Crippen molar-refractivity contribution in [1.29, 1.82) is 0 Å². The van der Waals surface area contributed by atoms with Gasteiger partial charge in [0, 0.05) is 11.4 Å². The first-order valence-electron chi connectivity index (χ1n) is 8.57. The quantitative estimate of drug-likeness (QED) is 0.603. The number of benzene rings is 2. The van der Waals surface area contributed by atoms with Gasteiger partial charge in [0.25, 0.3) is 5.91 Å². The van der Waals surface area contributed by atoms with Gasteiger partial charge in [0.05, 0.1) is 30.9 Å². The van der Waals surface area contributed by atoms with Gasteiger partial charge >= 0.3 is 11.9 Å². The molecule has 0 N–H and O–H groups in total. The highest BCUT2D eigenvalue weighted by Gasteiger charge is 2.37. The van der Waals surface area contributed by atoms with E-state index in [-0.39, 0.29) is 17.1 Å². The number of hydrogen-bond acceptors (Lipinski definition) is 5. The lowest BCUT2D eigenvalue weighted by Crippen LogP contribution is -2.24. The maximum Gasteiger partial charge on any atom is 0.340 e. The van der Waals surface area contributed by atoms with E-state index in [0.717, 1.165) is 0 Å². The lowest BCUT2D eigenvalue weighted by atomic mass is 10.0. The number of esters is 2. The summed E-state index contributed by atoms with van der Waals surface area (Å²) in [5.41, 5.74) is 2.68. The Bertz CT molecular complexity index is 987. The van der Waals surface area contributed by atoms with Gasteiger partial charge in [-0.15, -0.1) is 0 Å². The topological polar surface area (TPSA) is 72.9 Å². The molecule has 0 atom stereocenters. The Morgan fingerprint density at radius 3 is 2.07 bits per heavy atom. The molecule has 1 amide bonds. The summed E-state index contributed by atoms with van der Waals surface area (Å²) in [6, 6.07) is 15.6. The Morgan fingerprint density at radius 2 is 1.50 bits per heavy atom. The van der Waals surface area contributed by atoms with Gasteiger partial charge in [0.2, 0.25) is 0 Å². The molecule has 1 heterocycles. The van der Waals surface area contributed by atoms with Crippen LogP contribution in [0.5, 0.6) is 0 Å². The average molecular weight is 377 g/mol. The van der Waals surface area contributed by atoms with E-state index in [1.807, 2.05) is 18.2 Å². The molecule has 0 unspecified atom stereocenters. The Labute approximate surface area is 162 Å². The van der Waals surface area contributed by atoms with Gasteiger partial charge in [-0.25, -0.2) is 9.59 Å². The van der Waals surface area contributed by atoms with Crippen LogP contribution in [-0.4, -0.2) is 32.1 Å². The van der Waals surface area contributed by atoms with Crippen molar-refractivity contribution in [3.05, 3.63) is 82.6 Å². The number of carbonyl (C=O) groups excluding carboxylic acids is 3. The minimum Gasteiger partial charge on any atom is -0.465 e. The zero-order valence-corrected chi connectivity index (χ0v) is 15.8. The molecule has 0 spiro atoms. The predicted octanol–water partition coefficient (Wildman–Crippen LogP) is 3.35. The van der Waals surface area contributed by atoms with Gasteiger partial charge in [-0.05, 0) is 42.8 Å². The van der Waals surface area contributed by atoms with E-state index in [1.165, 1.54) is 19.1 Å². The minimum atomic E-state index is -0.582. The van der Waals surface area contributed by atoms with Crippen LogP contribution in [0.2, 0.25) is 0 Å². The highest BCUT2D eigenvalue weighted by atomic mass is 16.5. The molecule has 6 heteroatoms. The molecule has 0 radical (unpaired) electrons. The third-order valence-electron chi connectivity index (χ3n) is 4.45. The number of hydrogen-bond donors (Lipinski definition) is 0. The standard InChI is InChI=1S/C22H19NO5/c1-14-19(22(26)28-3)18(20(24)23(14)17-7-5-4-6-8-17)13-15-9-11-16(12-10-15)21(25)27-2/h4-13H,1-3H3. The van der Waals surface area contributed by atoms with Gasteiger partial charge in [-0.2, -0.15) is 0 Å². The zero-order chi connectivity index (χ0) is 20.3. The molecule has 6 nitrogen and oxygen atoms in total. The fourth-order valence-electron chi connectivity index (χ4n) is 3.07. The van der Waals surface area contributed by atoms with Crippen LogP contribution in [0.3, 0.4) is 0 Å². The monoisotopic (exact) mass is 377 g/mol. The second kappa shape index (κ2) is 7.92. The Kier molecular flexibility index (Phi) is 5.40. The third kappa shape index (κ3) is 3.44. The fourth-order valence-corrected chi connectivity index (χ4v) is 3.07. The number of rotatable bonds is 4. The maximum absolute atomic E-state index is 13.1. The number of para-hydroxylation sites is 1. The molecule has 3 rings (SSSR count). The largest absolute Gasteiger partial charge is 0.465 e. The fraction of sp³-hybridized carbons (Fsp3) is 0.136. The van der Waals surface area contributed by atoms with Crippen molar-refractivity contribution in [3.8, 4) is 0 Å². The van der Waals surface area contributed by atoms with E-state index in [0.29, 0.717) is 22.5 Å². The van der Waals surface area contributed by atoms with Crippen molar-refractivity contribution in [2.75, 3.05) is 19.1 Å². The highest BCUT2D eigenvalue weighted by molar-refractivity contribution is 6.23. The van der Waals surface area contributed by atoms with E-state index in [9.17, 15) is 14.4 Å². The van der Waals surface area contributed by atoms with Gasteiger partial charge < -0.3 is 9.47 Å². The number of ether oxygens (including phenoxy) is 2. The number of amides is 1. The van der Waals surface area contributed by atoms with Crippen molar-refractivity contribution in [2.45, 2.75) is 6.92 Å². The highest BCUT2D eigenvalue weighted by Crippen LogP contribution is 2.35. The van der Waals surface area contributed by atoms with Gasteiger partial charge in [-0.3, -0.25) is 9.69 Å². The first kappa shape index (κ1) is 19.1. The number of anilines is 1. The van der Waals surface area contributed by atoms with Crippen molar-refractivity contribution in [1.82, 2.24) is 0 Å². The van der Waals surface area contributed by atoms with Gasteiger partial charge in [-0.1, -0.05) is 30.3 Å². The summed E-state index contributed by atoms with van der Waals surface area (Å²) in [6.45, 7) is 1.71. The molecule has 0 bridgehead atoms. The van der Waals surface area contributed by atoms with Gasteiger partial charge in [0.15, 0.2) is 0 Å². The lowest BCUT2D eigenvalue weighted by molar-refractivity contribution is -0.136. The summed E-state index contributed by atoms with van der Waals surface area (Å²) in [5, 5.41) is 0. The number of carbonyl (C=O) groups is 3. The first-order chi connectivity index (χ1) is 13.5. The van der Waals surface area contributed by atoms with Crippen LogP contribution in [0.15, 0.2) is 71.4 Å². The zero-order valence-electron chi connectivity index (χ0n) is 15.8. The number of nitrogens with zero attached hydrogens (tertiary/aromatic N) is 1. The van der Waals surface area contributed by atoms with E-state index in [1.54, 1.807) is 49.4 Å². The molecular formula is C22H19NO5. The SMILES string of the molecule is COC(=O)C1=C(C)N(c2ccccc2)C(=O)C1=Cc1ccc(C(=O)OC)cc1. The van der Waals surface area contributed by atoms with Crippen molar-refractivity contribution < 1.29 is 23.9 Å². The van der Waals surface area contributed by atoms with Crippen molar-refractivity contribution in [3.63, 3.8) is 0 Å². The summed E-state index contributed by atoms with van der Waals surface area (Å²) in [6.07, 6.45) is 1.61. The molecule has 0 saturated carbocycles. The second-order valence-electron chi connectivity index (χ2n) is 6.10. The van der Waals surface area contributed by atoms with E-state index in [2.05, 4.69) is 4.74 Å². The summed E-state index contributed by atoms with van der Waals surface area (Å²) in [5.74, 6) is -1.35. The Hall–Kier alpha value is -3.67. The molecule has 0 aromatic heterocycles. The predicted molar refractivity (Wildman–Crippen MR) is 104 cm³/mol. The normalized spacial score (nSPS) is 15.2. The molecule has 2 aromatic rings. The summed E-state index contributed by atoms with van der Waals surface area (Å²) >= 11 is 0. The second-order valence-corrected chi connectivity index (χ2v) is 6.10. The molecular weight excluding hydrogens is 358 g/mol. The Balaban J connectivity index is 2.06. The average Bonchev–Trinajstić information content (AvgIpc) is 2.97. The molecule has 28 heavy (non-hydrogen) atoms. The lowest BCUT2D eigenvalue weighted by Gasteiger charge is -2.17. The van der Waals surface area contributed by atoms with Crippen LogP contribution >= 0.6 is 0 Å². The molecule has 2 aromatic carbocycles. The smallest absolute Gasteiger partial charge is 0.340 e. The van der Waals surface area contributed by atoms with E-state index < -0.39 is 11.9 Å². The number of allylic oxidation sites excluding steroid dienone is 1. The van der Waals surface area contributed by atoms with Crippen LogP contribution < -0.4 is 4.90 Å². The Morgan fingerprint density at radius 1 is 0.893 bits per heavy atom. The molecule has 1 aliphatic heterocycles. The molecule has 142 valence electrons. The first-order valence-corrected chi connectivity index (χ1v) is 8.57. The summed E-state index contributed by atoms with van der Waals surface area (Å²) in [7, 11) is 2.59. The summed E-state index contributed by atoms with van der Waals surface area (Å²) < 4.78 is 9.58. The van der Waals surface area contributed by atoms with Crippen molar-refractivity contribution >= 4 is 29.6 Å². The third-order valence-corrected chi connectivity index (χ3v) is 4.45. The van der Waals surface area contributed by atoms with E-state index >= 15 is 0 Å². The molecule has 0 aliphatic carbocycles. The molecule has 0 fully saturated rings. The van der Waals surface area contributed by atoms with Crippen LogP contribution in [0, 0.1) is 0 Å². The number of methoxy groups -OCH3 is 2. The van der Waals surface area contributed by atoms with Gasteiger partial charge in [0.1, 0.15) is 0 Å². The molecule has 1 aliphatic rings. The van der Waals surface area contributed by atoms with Crippen LogP contribution in [0.25, 0.3) is 6.08 Å². The van der Waals surface area contributed by atoms with Crippen LogP contribution in [0.1, 0.15) is 22.8 Å². The van der Waals surface area contributed by atoms with E-state index in [4.69, 9.17) is 4.74 Å². The van der Waals surface area contributed by atoms with Crippen molar-refractivity contribution in [2.24, 2.45) is 0 Å². The summed E-state index contributed by atoms with van der Waals surface area (Å²) in [4.78, 5) is 38.5. The minimum absolute atomic E-state index is 0.216.